The second kappa shape index (κ2) is 16.5. The number of hydrogen-bond acceptors (Lipinski definition) is 5. The van der Waals surface area contributed by atoms with Crippen molar-refractivity contribution in [2.75, 3.05) is 14.7 Å². The molecule has 364 valence electrons. The Morgan fingerprint density at radius 3 is 1.71 bits per heavy atom. The molecule has 2 aliphatic rings. The van der Waals surface area contributed by atoms with E-state index in [2.05, 4.69) is 275 Å². The van der Waals surface area contributed by atoms with Gasteiger partial charge in [0.25, 0.3) is 6.71 Å². The largest absolute Gasteiger partial charge is 0.454 e. The molecule has 2 aromatic heterocycles. The molecular formula is C70H54BN3OS. The van der Waals surface area contributed by atoms with E-state index in [1.54, 1.807) is 0 Å². The van der Waals surface area contributed by atoms with Crippen molar-refractivity contribution < 1.29 is 4.42 Å². The van der Waals surface area contributed by atoms with Crippen molar-refractivity contribution in [2.24, 2.45) is 0 Å². The number of furan rings is 1. The third kappa shape index (κ3) is 6.76. The van der Waals surface area contributed by atoms with Gasteiger partial charge in [-0.05, 0) is 150 Å². The summed E-state index contributed by atoms with van der Waals surface area (Å²) >= 11 is 1.93. The number of anilines is 9. The van der Waals surface area contributed by atoms with Gasteiger partial charge >= 0.3 is 0 Å². The van der Waals surface area contributed by atoms with E-state index >= 15 is 0 Å². The van der Waals surface area contributed by atoms with Crippen LogP contribution in [-0.4, -0.2) is 6.71 Å². The molecule has 13 aromatic rings. The molecular weight excluding hydrogens is 942 g/mol. The molecule has 6 heteroatoms. The van der Waals surface area contributed by atoms with Crippen molar-refractivity contribution in [1.29, 1.82) is 0 Å². The highest BCUT2D eigenvalue weighted by atomic mass is 32.1. The van der Waals surface area contributed by atoms with Crippen molar-refractivity contribution in [3.8, 4) is 0 Å². The lowest BCUT2D eigenvalue weighted by Gasteiger charge is -2.44. The first kappa shape index (κ1) is 44.9. The highest BCUT2D eigenvalue weighted by Crippen LogP contribution is 2.50. The number of thiophene rings is 1. The van der Waals surface area contributed by atoms with Gasteiger partial charge in [0.1, 0.15) is 5.58 Å². The van der Waals surface area contributed by atoms with E-state index in [0.29, 0.717) is 0 Å². The Hall–Kier alpha value is -8.58. The maximum atomic E-state index is 6.93. The molecule has 0 unspecified atom stereocenters. The van der Waals surface area contributed by atoms with Crippen LogP contribution in [-0.2, 0) is 10.8 Å². The Balaban J connectivity index is 1.02. The third-order valence-corrected chi connectivity index (χ3v) is 17.6. The van der Waals surface area contributed by atoms with Gasteiger partial charge in [-0.1, -0.05) is 175 Å². The zero-order valence-electron chi connectivity index (χ0n) is 43.5. The number of hydrogen-bond donors (Lipinski definition) is 0. The molecule has 0 fully saturated rings. The summed E-state index contributed by atoms with van der Waals surface area (Å²) in [6, 6.07) is 81.7. The summed E-state index contributed by atoms with van der Waals surface area (Å²) in [4.78, 5) is 7.52. The van der Waals surface area contributed by atoms with Gasteiger partial charge < -0.3 is 19.1 Å². The molecule has 0 saturated heterocycles. The maximum absolute atomic E-state index is 6.93. The van der Waals surface area contributed by atoms with E-state index in [9.17, 15) is 0 Å². The molecule has 0 bridgehead atoms. The van der Waals surface area contributed by atoms with Gasteiger partial charge in [-0.3, -0.25) is 0 Å². The van der Waals surface area contributed by atoms with E-state index in [1.165, 1.54) is 86.3 Å². The predicted molar refractivity (Wildman–Crippen MR) is 328 cm³/mol. The Kier molecular flexibility index (Phi) is 9.72. The topological polar surface area (TPSA) is 22.9 Å². The fourth-order valence-electron chi connectivity index (χ4n) is 12.6. The zero-order chi connectivity index (χ0) is 51.2. The average molecular weight is 996 g/mol. The number of para-hydroxylation sites is 2. The van der Waals surface area contributed by atoms with Crippen LogP contribution in [0, 0.1) is 0 Å². The summed E-state index contributed by atoms with van der Waals surface area (Å²) < 4.78 is 9.56. The summed E-state index contributed by atoms with van der Waals surface area (Å²) in [6.07, 6.45) is 0. The van der Waals surface area contributed by atoms with Gasteiger partial charge in [-0.25, -0.2) is 0 Å². The molecule has 0 aliphatic carbocycles. The first-order valence-corrected chi connectivity index (χ1v) is 27.4. The minimum atomic E-state index is -0.0727. The van der Waals surface area contributed by atoms with Crippen molar-refractivity contribution in [2.45, 2.75) is 52.4 Å². The third-order valence-electron chi connectivity index (χ3n) is 16.3. The second-order valence-corrected chi connectivity index (χ2v) is 24.0. The van der Waals surface area contributed by atoms with E-state index in [0.717, 1.165) is 56.1 Å². The minimum Gasteiger partial charge on any atom is -0.454 e. The number of nitrogens with zero attached hydrogens (tertiary/aromatic N) is 3. The van der Waals surface area contributed by atoms with Crippen LogP contribution in [0.1, 0.15) is 52.7 Å². The van der Waals surface area contributed by atoms with Gasteiger partial charge in [0.2, 0.25) is 0 Å². The molecule has 15 rings (SSSR count). The monoisotopic (exact) mass is 995 g/mol. The summed E-state index contributed by atoms with van der Waals surface area (Å²) in [5.74, 6) is 0. The van der Waals surface area contributed by atoms with E-state index in [-0.39, 0.29) is 17.5 Å². The lowest BCUT2D eigenvalue weighted by atomic mass is 9.33. The van der Waals surface area contributed by atoms with Gasteiger partial charge in [0, 0.05) is 71.1 Å². The first-order valence-electron chi connectivity index (χ1n) is 26.6. The van der Waals surface area contributed by atoms with Crippen molar-refractivity contribution in [3.63, 3.8) is 0 Å². The van der Waals surface area contributed by atoms with E-state index < -0.39 is 0 Å². The Morgan fingerprint density at radius 2 is 0.987 bits per heavy atom. The average Bonchev–Trinajstić information content (AvgIpc) is 4.16. The fraction of sp³-hybridized carbons (Fsp3) is 0.114. The predicted octanol–water partition coefficient (Wildman–Crippen LogP) is 18.4. The summed E-state index contributed by atoms with van der Waals surface area (Å²) in [7, 11) is 0. The fourth-order valence-corrected chi connectivity index (χ4v) is 13.8. The molecule has 0 N–H and O–H groups in total. The quantitative estimate of drug-likeness (QED) is 0.127. The molecule has 76 heavy (non-hydrogen) atoms. The SMILES string of the molecule is CC(C)(C)c1ccc(N2c3cc(N(c4ccc5ccc6ccccc6c5c4)c4cccc5c4oc4ccccc45)ccc3B3c4c2cccc4N(c2ccc(C(C)(C)C)cc2)c2ccc4c(sc5ccccc54)c23)cc1. The molecule has 0 atom stereocenters. The Morgan fingerprint density at radius 1 is 0.421 bits per heavy atom. The molecule has 2 aliphatic heterocycles. The van der Waals surface area contributed by atoms with Crippen LogP contribution in [0.3, 0.4) is 0 Å². The van der Waals surface area contributed by atoms with Crippen molar-refractivity contribution >= 4 is 149 Å². The standard InChI is InChI=1S/C70H54BN3OS/c1-69(2,3)45-28-33-47(34-29-45)73-58-20-14-21-59-65(58)71(66-60(73)40-38-55-53-18-10-12-24-64(53)76-68(55)66)57-39-37-50(42-62(57)74(59)48-35-30-46(31-36-48)70(4,5)6)72(61-22-13-19-54-52-17-9-11-23-63(52)75-67(54)61)49-32-27-44-26-25-43-15-7-8-16-51(43)56(44)41-49/h7-42H,1-6H3. The smallest absolute Gasteiger partial charge is 0.254 e. The van der Waals surface area contributed by atoms with Gasteiger partial charge in [0.15, 0.2) is 5.58 Å². The molecule has 4 nitrogen and oxygen atoms in total. The molecule has 0 amide bonds. The molecule has 0 spiro atoms. The summed E-state index contributed by atoms with van der Waals surface area (Å²) in [5, 5.41) is 9.66. The highest BCUT2D eigenvalue weighted by Gasteiger charge is 2.45. The van der Waals surface area contributed by atoms with Gasteiger partial charge in [0.05, 0.1) is 5.69 Å². The summed E-state index contributed by atoms with van der Waals surface area (Å²) in [5.41, 5.74) is 18.4. The second-order valence-electron chi connectivity index (χ2n) is 22.9. The van der Waals surface area contributed by atoms with E-state index in [1.807, 2.05) is 11.3 Å². The lowest BCUT2D eigenvalue weighted by molar-refractivity contribution is 0.590. The number of rotatable bonds is 5. The van der Waals surface area contributed by atoms with Crippen LogP contribution in [0.15, 0.2) is 223 Å². The van der Waals surface area contributed by atoms with Gasteiger partial charge in [-0.2, -0.15) is 0 Å². The normalized spacial score (nSPS) is 13.3. The number of fused-ring (bicyclic) bond motifs is 14. The van der Waals surface area contributed by atoms with Crippen LogP contribution >= 0.6 is 11.3 Å². The Labute approximate surface area is 447 Å². The van der Waals surface area contributed by atoms with Crippen LogP contribution in [0.25, 0.3) is 63.7 Å². The van der Waals surface area contributed by atoms with Crippen molar-refractivity contribution in [3.05, 3.63) is 230 Å². The number of benzene rings is 11. The van der Waals surface area contributed by atoms with Crippen LogP contribution in [0.5, 0.6) is 0 Å². The maximum Gasteiger partial charge on any atom is 0.254 e. The van der Waals surface area contributed by atoms with Crippen LogP contribution in [0.4, 0.5) is 51.2 Å². The molecule has 0 saturated carbocycles. The molecule has 11 aromatic carbocycles. The Bertz CT molecular complexity index is 4520. The summed E-state index contributed by atoms with van der Waals surface area (Å²) in [6.45, 7) is 13.7. The van der Waals surface area contributed by atoms with Crippen LogP contribution in [0.2, 0.25) is 0 Å². The van der Waals surface area contributed by atoms with E-state index in [4.69, 9.17) is 4.42 Å². The highest BCUT2D eigenvalue weighted by molar-refractivity contribution is 7.28. The molecule has 4 heterocycles. The van der Waals surface area contributed by atoms with Gasteiger partial charge in [-0.15, -0.1) is 11.3 Å². The molecule has 0 radical (unpaired) electrons. The lowest BCUT2D eigenvalue weighted by Crippen LogP contribution is -2.61. The zero-order valence-corrected chi connectivity index (χ0v) is 44.3. The minimum absolute atomic E-state index is 0.00571. The van der Waals surface area contributed by atoms with Crippen LogP contribution < -0.4 is 31.1 Å². The van der Waals surface area contributed by atoms with Crippen molar-refractivity contribution in [1.82, 2.24) is 0 Å². The first-order chi connectivity index (χ1) is 37.0.